The minimum atomic E-state index is -0.980. The second-order valence-corrected chi connectivity index (χ2v) is 13.3. The van der Waals surface area contributed by atoms with Crippen molar-refractivity contribution >= 4 is 55.3 Å². The van der Waals surface area contributed by atoms with Gasteiger partial charge in [0, 0.05) is 16.5 Å². The molecule has 254 valence electrons. The molecule has 8 aromatic carbocycles. The van der Waals surface area contributed by atoms with Gasteiger partial charge < -0.3 is 15.3 Å². The molecule has 7 heteroatoms. The fourth-order valence-electron chi connectivity index (χ4n) is 7.37. The van der Waals surface area contributed by atoms with Crippen molar-refractivity contribution < 1.29 is 24.9 Å². The van der Waals surface area contributed by atoms with E-state index in [9.17, 15) is 24.9 Å². The molecule has 0 unspecified atom stereocenters. The molecule has 0 aliphatic heterocycles. The van der Waals surface area contributed by atoms with Crippen LogP contribution in [0.5, 0.6) is 5.75 Å². The first-order valence-corrected chi connectivity index (χ1v) is 17.1. The predicted molar refractivity (Wildman–Crippen MR) is 210 cm³/mol. The number of phenolic OH excluding ortho intramolecular Hbond substituents is 1. The number of aryl methyl sites for hydroxylation is 1. The van der Waals surface area contributed by atoms with Crippen molar-refractivity contribution in [2.24, 2.45) is 0 Å². The van der Waals surface area contributed by atoms with Gasteiger partial charge in [0.2, 0.25) is 0 Å². The third kappa shape index (κ3) is 5.34. The summed E-state index contributed by atoms with van der Waals surface area (Å²) in [6.45, 7) is 2.03. The molecule has 0 bridgehead atoms. The first kappa shape index (κ1) is 31.7. The molecular weight excluding hydrogens is 661 g/mol. The standard InChI is InChI=1S/C46H30N2O5/c1-26-7-8-33-24-40(41(49)25-34(33)21-26)44-47-42-38-22-31(27-9-13-29(14-10-27)45(50)51)17-19-36(38)37-20-18-32(28-11-15-30(16-12-28)46(52)53)23-39(37)43(42)48(44)35-5-3-2-4-6-35/h2-25,49H,1H3,(H,50,51)(H,52,53). The highest BCUT2D eigenvalue weighted by Gasteiger charge is 2.23. The summed E-state index contributed by atoms with van der Waals surface area (Å²) in [5, 5.41) is 36.4. The number of aromatic carboxylic acids is 2. The van der Waals surface area contributed by atoms with Crippen LogP contribution >= 0.6 is 0 Å². The number of hydrogen-bond acceptors (Lipinski definition) is 4. The number of carbonyl (C=O) groups is 2. The Labute approximate surface area is 303 Å². The van der Waals surface area contributed by atoms with Crippen molar-refractivity contribution in [3.63, 3.8) is 0 Å². The number of fused-ring (bicyclic) bond motifs is 7. The molecule has 0 spiro atoms. The van der Waals surface area contributed by atoms with Crippen LogP contribution in [0.15, 0.2) is 146 Å². The van der Waals surface area contributed by atoms with Crippen LogP contribution in [0.4, 0.5) is 0 Å². The summed E-state index contributed by atoms with van der Waals surface area (Å²) in [6.07, 6.45) is 0. The largest absolute Gasteiger partial charge is 0.507 e. The Balaban J connectivity index is 1.40. The average Bonchev–Trinajstić information content (AvgIpc) is 3.58. The molecule has 0 aliphatic carbocycles. The number of carboxylic acids is 2. The third-order valence-corrected chi connectivity index (χ3v) is 10.0. The van der Waals surface area contributed by atoms with Crippen molar-refractivity contribution in [1.29, 1.82) is 0 Å². The van der Waals surface area contributed by atoms with E-state index < -0.39 is 11.9 Å². The highest BCUT2D eigenvalue weighted by Crippen LogP contribution is 2.44. The molecule has 7 nitrogen and oxygen atoms in total. The van der Waals surface area contributed by atoms with Crippen molar-refractivity contribution in [3.8, 4) is 45.1 Å². The molecule has 3 N–H and O–H groups in total. The summed E-state index contributed by atoms with van der Waals surface area (Å²) >= 11 is 0. The first-order chi connectivity index (χ1) is 25.7. The van der Waals surface area contributed by atoms with Crippen LogP contribution in [-0.2, 0) is 0 Å². The molecule has 0 saturated carbocycles. The van der Waals surface area contributed by atoms with E-state index in [2.05, 4.69) is 47.0 Å². The Hall–Kier alpha value is -7.25. The quantitative estimate of drug-likeness (QED) is 0.150. The topological polar surface area (TPSA) is 113 Å². The Morgan fingerprint density at radius 2 is 1.11 bits per heavy atom. The lowest BCUT2D eigenvalue weighted by Crippen LogP contribution is -1.98. The monoisotopic (exact) mass is 690 g/mol. The van der Waals surface area contributed by atoms with E-state index in [-0.39, 0.29) is 16.9 Å². The van der Waals surface area contributed by atoms with Crippen LogP contribution < -0.4 is 0 Å². The number of benzene rings is 8. The molecule has 1 aromatic heterocycles. The van der Waals surface area contributed by atoms with Crippen molar-refractivity contribution in [3.05, 3.63) is 162 Å². The van der Waals surface area contributed by atoms with Gasteiger partial charge in [-0.25, -0.2) is 14.6 Å². The van der Waals surface area contributed by atoms with Crippen LogP contribution in [0.1, 0.15) is 26.3 Å². The molecule has 0 saturated heterocycles. The van der Waals surface area contributed by atoms with Crippen molar-refractivity contribution in [2.75, 3.05) is 0 Å². The summed E-state index contributed by atoms with van der Waals surface area (Å²) in [5.74, 6) is -1.27. The molecule has 0 atom stereocenters. The number of hydrogen-bond donors (Lipinski definition) is 3. The Morgan fingerprint density at radius 1 is 0.547 bits per heavy atom. The molecule has 0 radical (unpaired) electrons. The molecular formula is C46H30N2O5. The zero-order valence-electron chi connectivity index (χ0n) is 28.4. The maximum atomic E-state index is 11.6. The van der Waals surface area contributed by atoms with Gasteiger partial charge in [0.1, 0.15) is 11.6 Å². The van der Waals surface area contributed by atoms with Gasteiger partial charge in [-0.05, 0) is 111 Å². The zero-order valence-corrected chi connectivity index (χ0v) is 28.4. The fourth-order valence-corrected chi connectivity index (χ4v) is 7.37. The number of phenols is 1. The second-order valence-electron chi connectivity index (χ2n) is 13.3. The van der Waals surface area contributed by atoms with E-state index in [1.165, 1.54) is 0 Å². The number of carboxylic acid groups (broad SMARTS) is 2. The van der Waals surface area contributed by atoms with Crippen LogP contribution in [0.25, 0.3) is 82.7 Å². The minimum Gasteiger partial charge on any atom is -0.507 e. The average molecular weight is 691 g/mol. The van der Waals surface area contributed by atoms with Crippen LogP contribution in [0, 0.1) is 6.92 Å². The maximum absolute atomic E-state index is 11.6. The van der Waals surface area contributed by atoms with Gasteiger partial charge in [-0.1, -0.05) is 90.5 Å². The summed E-state index contributed by atoms with van der Waals surface area (Å²) in [6, 6.07) is 46.1. The second kappa shape index (κ2) is 12.2. The van der Waals surface area contributed by atoms with Gasteiger partial charge in [-0.3, -0.25) is 4.57 Å². The fraction of sp³-hybridized carbons (Fsp3) is 0.0217. The summed E-state index contributed by atoms with van der Waals surface area (Å²) in [4.78, 5) is 28.6. The van der Waals surface area contributed by atoms with Gasteiger partial charge in [-0.2, -0.15) is 0 Å². The normalized spacial score (nSPS) is 11.5. The van der Waals surface area contributed by atoms with Crippen LogP contribution in [-0.4, -0.2) is 36.8 Å². The van der Waals surface area contributed by atoms with Crippen LogP contribution in [0.3, 0.4) is 0 Å². The first-order valence-electron chi connectivity index (χ1n) is 17.1. The Morgan fingerprint density at radius 3 is 1.72 bits per heavy atom. The van der Waals surface area contributed by atoms with E-state index >= 15 is 0 Å². The lowest BCUT2D eigenvalue weighted by Gasteiger charge is -2.15. The van der Waals surface area contributed by atoms with Crippen molar-refractivity contribution in [1.82, 2.24) is 9.55 Å². The van der Waals surface area contributed by atoms with Gasteiger partial charge in [0.15, 0.2) is 0 Å². The number of aromatic nitrogens is 2. The summed E-state index contributed by atoms with van der Waals surface area (Å²) in [5.41, 5.74) is 8.13. The Kier molecular flexibility index (Phi) is 7.31. The molecule has 0 fully saturated rings. The number of imidazole rings is 1. The lowest BCUT2D eigenvalue weighted by atomic mass is 9.93. The molecule has 9 rings (SSSR count). The third-order valence-electron chi connectivity index (χ3n) is 10.0. The lowest BCUT2D eigenvalue weighted by molar-refractivity contribution is 0.0686. The van der Waals surface area contributed by atoms with Gasteiger partial charge in [-0.15, -0.1) is 0 Å². The van der Waals surface area contributed by atoms with E-state index in [4.69, 9.17) is 4.98 Å². The highest BCUT2D eigenvalue weighted by atomic mass is 16.4. The molecule has 9 aromatic rings. The molecule has 1 heterocycles. The van der Waals surface area contributed by atoms with Gasteiger partial charge in [0.25, 0.3) is 0 Å². The van der Waals surface area contributed by atoms with E-state index in [1.54, 1.807) is 30.3 Å². The number of nitrogens with zero attached hydrogens (tertiary/aromatic N) is 2. The number of rotatable bonds is 6. The highest BCUT2D eigenvalue weighted by molar-refractivity contribution is 6.25. The van der Waals surface area contributed by atoms with Gasteiger partial charge >= 0.3 is 11.9 Å². The SMILES string of the molecule is Cc1ccc2cc(-c3nc4c5cc(-c6ccc(C(=O)O)cc6)ccc5c5ccc(-c6ccc(C(=O)O)cc6)cc5c4n3-c3ccccc3)c(O)cc2c1. The van der Waals surface area contributed by atoms with Gasteiger partial charge in [0.05, 0.1) is 27.7 Å². The van der Waals surface area contributed by atoms with Crippen molar-refractivity contribution in [2.45, 2.75) is 6.92 Å². The zero-order chi connectivity index (χ0) is 36.4. The number of aromatic hydroxyl groups is 1. The molecule has 53 heavy (non-hydrogen) atoms. The molecule has 0 amide bonds. The van der Waals surface area contributed by atoms with Crippen LogP contribution in [0.2, 0.25) is 0 Å². The Bertz CT molecular complexity index is 2950. The smallest absolute Gasteiger partial charge is 0.335 e. The minimum absolute atomic E-state index is 0.114. The van der Waals surface area contributed by atoms with E-state index in [0.717, 1.165) is 76.9 Å². The van der Waals surface area contributed by atoms with E-state index in [0.29, 0.717) is 11.4 Å². The maximum Gasteiger partial charge on any atom is 0.335 e. The summed E-state index contributed by atoms with van der Waals surface area (Å²) in [7, 11) is 0. The summed E-state index contributed by atoms with van der Waals surface area (Å²) < 4.78 is 2.11. The van der Waals surface area contributed by atoms with E-state index in [1.807, 2.05) is 79.7 Å². The number of para-hydroxylation sites is 1. The predicted octanol–water partition coefficient (Wildman–Crippen LogP) is 10.9. The molecule has 0 aliphatic rings.